The lowest BCUT2D eigenvalue weighted by Gasteiger charge is -2.40. The van der Waals surface area contributed by atoms with Gasteiger partial charge in [0.1, 0.15) is 5.54 Å². The fraction of sp³-hybridized carbons (Fsp3) is 0.417. The molecule has 1 aliphatic heterocycles. The van der Waals surface area contributed by atoms with Crippen LogP contribution in [0.25, 0.3) is 0 Å². The first-order valence-electron chi connectivity index (χ1n) is 5.46. The van der Waals surface area contributed by atoms with E-state index < -0.39 is 5.54 Å². The fourth-order valence-corrected chi connectivity index (χ4v) is 2.05. The van der Waals surface area contributed by atoms with Gasteiger partial charge in [-0.3, -0.25) is 4.79 Å². The van der Waals surface area contributed by atoms with Gasteiger partial charge in [-0.1, -0.05) is 6.07 Å². The number of rotatable bonds is 1. The fourth-order valence-electron chi connectivity index (χ4n) is 2.05. The van der Waals surface area contributed by atoms with Crippen LogP contribution in [0.4, 0.5) is 17.1 Å². The monoisotopic (exact) mass is 219 g/mol. The number of fused-ring (bicyclic) bond motifs is 1. The van der Waals surface area contributed by atoms with E-state index in [4.69, 9.17) is 5.73 Å². The van der Waals surface area contributed by atoms with Crippen molar-refractivity contribution in [2.75, 3.05) is 22.5 Å². The van der Waals surface area contributed by atoms with Crippen LogP contribution in [0.5, 0.6) is 0 Å². The highest BCUT2D eigenvalue weighted by molar-refractivity contribution is 6.09. The number of likely N-dealkylation sites (N-methyl/N-ethyl adjacent to an activating group) is 1. The Balaban J connectivity index is 2.60. The smallest absolute Gasteiger partial charge is 0.252 e. The molecule has 86 valence electrons. The number of anilines is 3. The zero-order valence-corrected chi connectivity index (χ0v) is 9.87. The molecule has 0 radical (unpaired) electrons. The summed E-state index contributed by atoms with van der Waals surface area (Å²) in [5.74, 6) is 0.0769. The summed E-state index contributed by atoms with van der Waals surface area (Å²) < 4.78 is 0. The van der Waals surface area contributed by atoms with Crippen LogP contribution in [-0.2, 0) is 4.79 Å². The highest BCUT2D eigenvalue weighted by Crippen LogP contribution is 2.38. The maximum absolute atomic E-state index is 12.2. The second-order valence-electron chi connectivity index (χ2n) is 4.54. The van der Waals surface area contributed by atoms with Crippen molar-refractivity contribution in [1.82, 2.24) is 0 Å². The number of amides is 1. The molecule has 0 fully saturated rings. The van der Waals surface area contributed by atoms with E-state index in [1.54, 1.807) is 4.90 Å². The van der Waals surface area contributed by atoms with E-state index in [1.165, 1.54) is 0 Å². The number of nitrogen functional groups attached to an aromatic ring is 1. The summed E-state index contributed by atoms with van der Waals surface area (Å²) in [5.41, 5.74) is 7.73. The Morgan fingerprint density at radius 3 is 2.75 bits per heavy atom. The molecule has 16 heavy (non-hydrogen) atoms. The van der Waals surface area contributed by atoms with Crippen LogP contribution in [-0.4, -0.2) is 18.0 Å². The standard InChI is InChI=1S/C12H17N3O/c1-4-15-9-7-5-6-8(13)10(9)14-12(2,3)11(15)16/h5-7,14H,4,13H2,1-3H3. The van der Waals surface area contributed by atoms with Crippen molar-refractivity contribution in [3.05, 3.63) is 18.2 Å². The Hall–Kier alpha value is -1.71. The highest BCUT2D eigenvalue weighted by Gasteiger charge is 2.38. The molecule has 0 aliphatic carbocycles. The van der Waals surface area contributed by atoms with Gasteiger partial charge in [-0.25, -0.2) is 0 Å². The molecule has 2 rings (SSSR count). The van der Waals surface area contributed by atoms with Gasteiger partial charge in [-0.05, 0) is 32.9 Å². The van der Waals surface area contributed by atoms with Crippen molar-refractivity contribution in [1.29, 1.82) is 0 Å². The third-order valence-electron chi connectivity index (χ3n) is 2.90. The second-order valence-corrected chi connectivity index (χ2v) is 4.54. The van der Waals surface area contributed by atoms with Crippen LogP contribution in [0.1, 0.15) is 20.8 Å². The first kappa shape index (κ1) is 10.8. The van der Waals surface area contributed by atoms with Crippen LogP contribution >= 0.6 is 0 Å². The molecule has 1 aromatic rings. The third kappa shape index (κ3) is 1.41. The lowest BCUT2D eigenvalue weighted by molar-refractivity contribution is -0.122. The number of nitrogens with two attached hydrogens (primary N) is 1. The minimum atomic E-state index is -0.599. The Morgan fingerprint density at radius 1 is 1.44 bits per heavy atom. The van der Waals surface area contributed by atoms with Gasteiger partial charge in [0.25, 0.3) is 5.91 Å². The van der Waals surface area contributed by atoms with Crippen LogP contribution in [0.15, 0.2) is 18.2 Å². The van der Waals surface area contributed by atoms with Gasteiger partial charge in [-0.15, -0.1) is 0 Å². The molecule has 0 aromatic heterocycles. The van der Waals surface area contributed by atoms with Gasteiger partial charge in [0, 0.05) is 6.54 Å². The molecule has 4 heteroatoms. The van der Waals surface area contributed by atoms with Crippen LogP contribution < -0.4 is 16.0 Å². The molecular weight excluding hydrogens is 202 g/mol. The van der Waals surface area contributed by atoms with Crippen LogP contribution in [0, 0.1) is 0 Å². The summed E-state index contributed by atoms with van der Waals surface area (Å²) in [7, 11) is 0. The predicted molar refractivity (Wildman–Crippen MR) is 66.6 cm³/mol. The van der Waals surface area contributed by atoms with E-state index >= 15 is 0 Å². The summed E-state index contributed by atoms with van der Waals surface area (Å²) in [5, 5.41) is 3.20. The van der Waals surface area contributed by atoms with Gasteiger partial charge in [0.15, 0.2) is 0 Å². The van der Waals surface area contributed by atoms with Crippen molar-refractivity contribution in [2.45, 2.75) is 26.3 Å². The molecule has 0 saturated carbocycles. The predicted octanol–water partition coefficient (Wildman–Crippen LogP) is 1.83. The van der Waals surface area contributed by atoms with E-state index in [2.05, 4.69) is 5.32 Å². The molecule has 0 saturated heterocycles. The van der Waals surface area contributed by atoms with E-state index in [0.717, 1.165) is 11.4 Å². The maximum atomic E-state index is 12.2. The second kappa shape index (κ2) is 3.40. The summed E-state index contributed by atoms with van der Waals surface area (Å²) in [6, 6.07) is 5.62. The molecule has 0 atom stereocenters. The minimum absolute atomic E-state index is 0.0769. The van der Waals surface area contributed by atoms with Crippen LogP contribution in [0.2, 0.25) is 0 Å². The van der Waals surface area contributed by atoms with Crippen molar-refractivity contribution in [3.8, 4) is 0 Å². The molecule has 0 bridgehead atoms. The van der Waals surface area contributed by atoms with E-state index in [9.17, 15) is 4.79 Å². The lowest BCUT2D eigenvalue weighted by Crippen LogP contribution is -2.53. The molecule has 0 unspecified atom stereocenters. The zero-order chi connectivity index (χ0) is 11.9. The summed E-state index contributed by atoms with van der Waals surface area (Å²) in [4.78, 5) is 13.9. The number of hydrogen-bond donors (Lipinski definition) is 2. The first-order valence-corrected chi connectivity index (χ1v) is 5.46. The number of para-hydroxylation sites is 1. The van der Waals surface area contributed by atoms with E-state index in [1.807, 2.05) is 39.0 Å². The van der Waals surface area contributed by atoms with Gasteiger partial charge in [0.05, 0.1) is 17.1 Å². The van der Waals surface area contributed by atoms with Crippen molar-refractivity contribution < 1.29 is 4.79 Å². The largest absolute Gasteiger partial charge is 0.397 e. The molecule has 1 aromatic carbocycles. The minimum Gasteiger partial charge on any atom is -0.397 e. The van der Waals surface area contributed by atoms with Crippen molar-refractivity contribution >= 4 is 23.0 Å². The van der Waals surface area contributed by atoms with Gasteiger partial charge in [0.2, 0.25) is 0 Å². The average Bonchev–Trinajstić information content (AvgIpc) is 2.22. The van der Waals surface area contributed by atoms with E-state index in [-0.39, 0.29) is 5.91 Å². The number of carbonyl (C=O) groups excluding carboxylic acids is 1. The zero-order valence-electron chi connectivity index (χ0n) is 9.87. The van der Waals surface area contributed by atoms with Gasteiger partial charge in [-0.2, -0.15) is 0 Å². The first-order chi connectivity index (χ1) is 7.47. The third-order valence-corrected chi connectivity index (χ3v) is 2.90. The molecule has 1 heterocycles. The Labute approximate surface area is 95.4 Å². The quantitative estimate of drug-likeness (QED) is 0.708. The number of benzene rings is 1. The number of nitrogens with zero attached hydrogens (tertiary/aromatic N) is 1. The Bertz CT molecular complexity index is 440. The molecule has 1 aliphatic rings. The molecule has 3 N–H and O–H groups in total. The molecular formula is C12H17N3O. The maximum Gasteiger partial charge on any atom is 0.252 e. The SMILES string of the molecule is CCN1C(=O)C(C)(C)Nc2c(N)cccc21. The Kier molecular flexibility index (Phi) is 2.30. The summed E-state index contributed by atoms with van der Waals surface area (Å²) in [6.45, 7) is 6.35. The van der Waals surface area contributed by atoms with Gasteiger partial charge < -0.3 is 16.0 Å². The number of carbonyl (C=O) groups is 1. The number of hydrogen-bond acceptors (Lipinski definition) is 3. The highest BCUT2D eigenvalue weighted by atomic mass is 16.2. The topological polar surface area (TPSA) is 58.4 Å². The molecule has 4 nitrogen and oxygen atoms in total. The van der Waals surface area contributed by atoms with Gasteiger partial charge >= 0.3 is 0 Å². The Morgan fingerprint density at radius 2 is 2.12 bits per heavy atom. The van der Waals surface area contributed by atoms with Crippen molar-refractivity contribution in [3.63, 3.8) is 0 Å². The average molecular weight is 219 g/mol. The molecule has 0 spiro atoms. The lowest BCUT2D eigenvalue weighted by atomic mass is 9.97. The number of nitrogens with one attached hydrogen (secondary N) is 1. The molecule has 1 amide bonds. The van der Waals surface area contributed by atoms with Crippen LogP contribution in [0.3, 0.4) is 0 Å². The summed E-state index contributed by atoms with van der Waals surface area (Å²) >= 11 is 0. The normalized spacial score (nSPS) is 17.9. The summed E-state index contributed by atoms with van der Waals surface area (Å²) in [6.07, 6.45) is 0. The van der Waals surface area contributed by atoms with Crippen molar-refractivity contribution in [2.24, 2.45) is 0 Å². The van der Waals surface area contributed by atoms with E-state index in [0.29, 0.717) is 12.2 Å².